The van der Waals surface area contributed by atoms with E-state index in [4.69, 9.17) is 0 Å². The summed E-state index contributed by atoms with van der Waals surface area (Å²) in [4.78, 5) is 20.2. The first-order valence-electron chi connectivity index (χ1n) is 7.66. The van der Waals surface area contributed by atoms with Crippen molar-refractivity contribution in [2.75, 3.05) is 5.32 Å². The number of carbonyl (C=O) groups is 1. The molecular weight excluding hydrogens is 382 g/mol. The number of nitrogens with zero attached hydrogens (tertiary/aromatic N) is 3. The molecule has 25 heavy (non-hydrogen) atoms. The predicted octanol–water partition coefficient (Wildman–Crippen LogP) is 3.98. The van der Waals surface area contributed by atoms with Crippen LogP contribution in [0.4, 0.5) is 5.69 Å². The molecule has 7 heteroatoms. The van der Waals surface area contributed by atoms with Crippen molar-refractivity contribution in [3.63, 3.8) is 0 Å². The molecule has 0 fully saturated rings. The van der Waals surface area contributed by atoms with Gasteiger partial charge in [-0.2, -0.15) is 5.10 Å². The third-order valence-corrected chi connectivity index (χ3v) is 4.37. The number of rotatable bonds is 3. The van der Waals surface area contributed by atoms with Crippen LogP contribution in [0, 0.1) is 0 Å². The smallest absolute Gasteiger partial charge is 0.277 e. The van der Waals surface area contributed by atoms with Crippen LogP contribution in [0.3, 0.4) is 0 Å². The lowest BCUT2D eigenvalue weighted by atomic mass is 10.2. The van der Waals surface area contributed by atoms with Crippen LogP contribution >= 0.6 is 15.9 Å². The van der Waals surface area contributed by atoms with Crippen LogP contribution in [0.5, 0.6) is 0 Å². The quantitative estimate of drug-likeness (QED) is 0.550. The van der Waals surface area contributed by atoms with E-state index in [1.807, 2.05) is 48.5 Å². The van der Waals surface area contributed by atoms with Crippen LogP contribution < -0.4 is 5.32 Å². The summed E-state index contributed by atoms with van der Waals surface area (Å²) in [6.07, 6.45) is 1.74. The summed E-state index contributed by atoms with van der Waals surface area (Å²) >= 11 is 3.34. The molecule has 2 aromatic heterocycles. The van der Waals surface area contributed by atoms with E-state index in [1.54, 1.807) is 17.9 Å². The van der Waals surface area contributed by atoms with E-state index in [9.17, 15) is 4.79 Å². The zero-order valence-corrected chi connectivity index (χ0v) is 14.9. The van der Waals surface area contributed by atoms with Crippen molar-refractivity contribution in [2.45, 2.75) is 0 Å². The lowest BCUT2D eigenvalue weighted by Gasteiger charge is -2.03. The highest BCUT2D eigenvalue weighted by Crippen LogP contribution is 2.23. The maximum absolute atomic E-state index is 12.4. The van der Waals surface area contributed by atoms with Gasteiger partial charge in [-0.15, -0.1) is 0 Å². The molecule has 4 rings (SSSR count). The van der Waals surface area contributed by atoms with Gasteiger partial charge in [0.05, 0.1) is 15.5 Å². The molecule has 0 saturated carbocycles. The Morgan fingerprint density at radius 1 is 1.20 bits per heavy atom. The molecule has 0 spiro atoms. The summed E-state index contributed by atoms with van der Waals surface area (Å²) in [5.41, 5.74) is 3.74. The van der Waals surface area contributed by atoms with E-state index in [1.165, 1.54) is 0 Å². The minimum atomic E-state index is -0.269. The number of fused-ring (bicyclic) bond motifs is 1. The van der Waals surface area contributed by atoms with Gasteiger partial charge >= 0.3 is 0 Å². The molecule has 2 N–H and O–H groups in total. The van der Waals surface area contributed by atoms with Crippen molar-refractivity contribution in [1.82, 2.24) is 19.7 Å². The van der Waals surface area contributed by atoms with Crippen molar-refractivity contribution < 1.29 is 4.79 Å². The van der Waals surface area contributed by atoms with Crippen molar-refractivity contribution in [3.8, 4) is 11.4 Å². The summed E-state index contributed by atoms with van der Waals surface area (Å²) in [5, 5.41) is 7.01. The third kappa shape index (κ3) is 3.06. The monoisotopic (exact) mass is 395 g/mol. The molecule has 1 amide bonds. The standard InChI is InChI=1S/C18H14BrN5O/c1-24-10-13(19)16(23-24)18(25)20-12-7-8-14-15(9-12)22-17(21-14)11-5-3-2-4-6-11/h2-10H,1H3,(H,20,25)(H,21,22). The molecule has 0 saturated heterocycles. The van der Waals surface area contributed by atoms with Gasteiger partial charge in [0.2, 0.25) is 0 Å². The van der Waals surface area contributed by atoms with Gasteiger partial charge in [-0.05, 0) is 34.1 Å². The van der Waals surface area contributed by atoms with Gasteiger partial charge in [-0.1, -0.05) is 30.3 Å². The molecule has 124 valence electrons. The Morgan fingerprint density at radius 2 is 2.00 bits per heavy atom. The zero-order valence-electron chi connectivity index (χ0n) is 13.3. The topological polar surface area (TPSA) is 75.6 Å². The second kappa shape index (κ2) is 6.18. The van der Waals surface area contributed by atoms with Crippen LogP contribution in [0.15, 0.2) is 59.2 Å². The average molecular weight is 396 g/mol. The first-order valence-corrected chi connectivity index (χ1v) is 8.45. The first-order chi connectivity index (χ1) is 12.1. The number of aromatic amines is 1. The SMILES string of the molecule is Cn1cc(Br)c(C(=O)Nc2ccc3nc(-c4ccccc4)[nH]c3c2)n1. The van der Waals surface area contributed by atoms with E-state index in [2.05, 4.69) is 36.3 Å². The molecule has 0 aliphatic heterocycles. The van der Waals surface area contributed by atoms with E-state index in [0.717, 1.165) is 22.4 Å². The van der Waals surface area contributed by atoms with Crippen molar-refractivity contribution >= 4 is 38.6 Å². The molecule has 0 aliphatic carbocycles. The second-order valence-electron chi connectivity index (χ2n) is 5.64. The molecule has 0 unspecified atom stereocenters. The maximum Gasteiger partial charge on any atom is 0.277 e. The van der Waals surface area contributed by atoms with Gasteiger partial charge in [0, 0.05) is 24.5 Å². The lowest BCUT2D eigenvalue weighted by Crippen LogP contribution is -2.13. The Morgan fingerprint density at radius 3 is 2.72 bits per heavy atom. The number of aryl methyl sites for hydroxylation is 1. The number of hydrogen-bond donors (Lipinski definition) is 2. The molecule has 2 heterocycles. The Bertz CT molecular complexity index is 1070. The molecule has 0 aliphatic rings. The number of halogens is 1. The van der Waals surface area contributed by atoms with Gasteiger partial charge in [-0.3, -0.25) is 9.48 Å². The fourth-order valence-electron chi connectivity index (χ4n) is 2.62. The molecule has 4 aromatic rings. The second-order valence-corrected chi connectivity index (χ2v) is 6.49. The summed E-state index contributed by atoms with van der Waals surface area (Å²) in [6, 6.07) is 15.5. The highest BCUT2D eigenvalue weighted by atomic mass is 79.9. The number of benzene rings is 2. The predicted molar refractivity (Wildman–Crippen MR) is 100 cm³/mol. The van der Waals surface area contributed by atoms with Crippen molar-refractivity contribution in [2.24, 2.45) is 7.05 Å². The van der Waals surface area contributed by atoms with Gasteiger partial charge < -0.3 is 10.3 Å². The first kappa shape index (κ1) is 15.6. The summed E-state index contributed by atoms with van der Waals surface area (Å²) in [7, 11) is 1.77. The highest BCUT2D eigenvalue weighted by molar-refractivity contribution is 9.10. The molecule has 0 bridgehead atoms. The van der Waals surface area contributed by atoms with E-state index in [0.29, 0.717) is 15.9 Å². The number of aromatic nitrogens is 4. The van der Waals surface area contributed by atoms with E-state index in [-0.39, 0.29) is 5.91 Å². The fourth-order valence-corrected chi connectivity index (χ4v) is 3.18. The van der Waals surface area contributed by atoms with Crippen LogP contribution in [-0.4, -0.2) is 25.7 Å². The van der Waals surface area contributed by atoms with Gasteiger partial charge in [0.1, 0.15) is 5.82 Å². The number of hydrogen-bond acceptors (Lipinski definition) is 3. The fraction of sp³-hybridized carbons (Fsp3) is 0.0556. The summed E-state index contributed by atoms with van der Waals surface area (Å²) in [6.45, 7) is 0. The van der Waals surface area contributed by atoms with Crippen LogP contribution in [0.2, 0.25) is 0 Å². The summed E-state index contributed by atoms with van der Waals surface area (Å²) < 4.78 is 2.24. The lowest BCUT2D eigenvalue weighted by molar-refractivity contribution is 0.102. The number of nitrogens with one attached hydrogen (secondary N) is 2. The molecule has 2 aromatic carbocycles. The van der Waals surface area contributed by atoms with Crippen LogP contribution in [-0.2, 0) is 7.05 Å². The molecule has 0 radical (unpaired) electrons. The highest BCUT2D eigenvalue weighted by Gasteiger charge is 2.15. The number of carbonyl (C=O) groups excluding carboxylic acids is 1. The normalized spacial score (nSPS) is 11.0. The van der Waals surface area contributed by atoms with Crippen LogP contribution in [0.25, 0.3) is 22.4 Å². The largest absolute Gasteiger partial charge is 0.338 e. The maximum atomic E-state index is 12.4. The Hall–Kier alpha value is -2.93. The number of anilines is 1. The minimum absolute atomic E-state index is 0.269. The van der Waals surface area contributed by atoms with Gasteiger partial charge in [-0.25, -0.2) is 4.98 Å². The zero-order chi connectivity index (χ0) is 17.4. The molecule has 6 nitrogen and oxygen atoms in total. The van der Waals surface area contributed by atoms with Crippen molar-refractivity contribution in [1.29, 1.82) is 0 Å². The van der Waals surface area contributed by atoms with Crippen molar-refractivity contribution in [3.05, 3.63) is 64.9 Å². The average Bonchev–Trinajstić information content (AvgIpc) is 3.18. The van der Waals surface area contributed by atoms with E-state index < -0.39 is 0 Å². The molecular formula is C18H14BrN5O. The number of H-pyrrole nitrogens is 1. The Kier molecular flexibility index (Phi) is 3.85. The number of amides is 1. The minimum Gasteiger partial charge on any atom is -0.338 e. The van der Waals surface area contributed by atoms with Crippen LogP contribution in [0.1, 0.15) is 10.5 Å². The Balaban J connectivity index is 1.63. The Labute approximate surface area is 152 Å². The third-order valence-electron chi connectivity index (χ3n) is 3.79. The van der Waals surface area contributed by atoms with Gasteiger partial charge in [0.25, 0.3) is 5.91 Å². The summed E-state index contributed by atoms with van der Waals surface area (Å²) in [5.74, 6) is 0.529. The number of imidazole rings is 1. The molecule has 0 atom stereocenters. The van der Waals surface area contributed by atoms with E-state index >= 15 is 0 Å². The van der Waals surface area contributed by atoms with Gasteiger partial charge in [0.15, 0.2) is 5.69 Å².